The van der Waals surface area contributed by atoms with Crippen LogP contribution >= 0.6 is 261 Å². The average Bonchev–Trinajstić information content (AvgIpc) is 3.09. The number of carbonyl (C=O) groups excluding carboxylic acids is 1. The van der Waals surface area contributed by atoms with Crippen LogP contribution in [0.4, 0.5) is 0 Å². The van der Waals surface area contributed by atoms with E-state index in [0.717, 1.165) is 27.2 Å². The van der Waals surface area contributed by atoms with Gasteiger partial charge in [0, 0.05) is 35.4 Å². The van der Waals surface area contributed by atoms with Crippen LogP contribution in [0.15, 0.2) is 23.8 Å². The van der Waals surface area contributed by atoms with Crippen molar-refractivity contribution in [2.24, 2.45) is 16.7 Å². The Labute approximate surface area is 403 Å². The smallest absolute Gasteiger partial charge is 0.170 e. The highest BCUT2D eigenvalue weighted by molar-refractivity contribution is 9.19. The topological polar surface area (TPSA) is 54.0 Å². The molecule has 2 rings (SSSR count). The Bertz CT molecular complexity index is 1290. The zero-order valence-corrected chi connectivity index (χ0v) is 65.4. The molecular weight excluding hydrogens is 1310 g/mol. The van der Waals surface area contributed by atoms with E-state index in [0.29, 0.717) is 6.42 Å². The summed E-state index contributed by atoms with van der Waals surface area (Å²) in [7, 11) is 51.0. The number of allylic oxidation sites excluding steroid dienone is 1. The standard InChI is InChI=1S/C20H64O5P32/c1-6-7-8-15(25-45(48(28)29)49(30)31)20(5)10-14(24-46(50(32)33)56(44-27)52(36)37)16-11(2)13(9-12(19(16,3)4)17(18(20)21)22-43-26)23-47(55(42)51(34)35)57(53(38)39)54(40)41/h6,12-15,17,43-44H,1,7-10,26-42H2,2-5H3/t12?,13?,14?,15?,17?,20-,46?,47?,55?,56?/m1/s1. The molecule has 0 heterocycles. The molecule has 1 fully saturated rings. The van der Waals surface area contributed by atoms with Gasteiger partial charge in [0.1, 0.15) is 6.10 Å². The Morgan fingerprint density at radius 2 is 1.30 bits per heavy atom. The first kappa shape index (κ1) is 65.9. The molecule has 0 saturated heterocycles. The number of hydrogen-bond donors (Lipinski definition) is 0. The van der Waals surface area contributed by atoms with Gasteiger partial charge in [-0.15, -0.1) is 141 Å². The van der Waals surface area contributed by atoms with Crippen molar-refractivity contribution in [3.8, 4) is 0 Å². The van der Waals surface area contributed by atoms with Crippen molar-refractivity contribution in [3.05, 3.63) is 23.8 Å². The van der Waals surface area contributed by atoms with E-state index in [1.165, 1.54) is 11.1 Å². The molecule has 0 radical (unpaired) electrons. The van der Waals surface area contributed by atoms with Gasteiger partial charge >= 0.3 is 0 Å². The van der Waals surface area contributed by atoms with Crippen LogP contribution in [0.1, 0.15) is 53.4 Å². The quantitative estimate of drug-likeness (QED) is 0.0754. The Morgan fingerprint density at radius 1 is 0.772 bits per heavy atom. The molecule has 5 nitrogen and oxygen atoms in total. The van der Waals surface area contributed by atoms with Crippen molar-refractivity contribution in [2.75, 3.05) is 0 Å². The Balaban J connectivity index is 3.12. The molecule has 0 aromatic carbocycles. The second-order valence-electron chi connectivity index (χ2n) is 13.4. The summed E-state index contributed by atoms with van der Waals surface area (Å²) >= 11 is 0. The molecule has 2 aliphatic rings. The van der Waals surface area contributed by atoms with E-state index in [1.54, 1.807) is 0 Å². The monoisotopic (exact) mass is 1380 g/mol. The predicted octanol–water partition coefficient (Wildman–Crippen LogP) is 21.6. The number of rotatable bonds is 23. The molecule has 0 aliphatic heterocycles. The normalized spacial score (nSPS) is 27.8. The Morgan fingerprint density at radius 3 is 1.72 bits per heavy atom. The molecule has 2 aliphatic carbocycles. The van der Waals surface area contributed by atoms with Gasteiger partial charge in [0.05, 0.1) is 46.3 Å². The summed E-state index contributed by atoms with van der Waals surface area (Å²) in [5, 5.41) is 0. The van der Waals surface area contributed by atoms with Crippen LogP contribution in [-0.4, -0.2) is 30.2 Å². The highest BCUT2D eigenvalue weighted by Crippen LogP contribution is 3.18. The lowest BCUT2D eigenvalue weighted by Crippen LogP contribution is -2.58. The van der Waals surface area contributed by atoms with E-state index < -0.39 is 76.0 Å². The van der Waals surface area contributed by atoms with Gasteiger partial charge in [-0.3, -0.25) is 4.79 Å². The largest absolute Gasteiger partial charge is 0.347 e. The molecule has 1 saturated carbocycles. The molecule has 334 valence electrons. The highest BCUT2D eigenvalue weighted by Gasteiger charge is 2.59. The van der Waals surface area contributed by atoms with Crippen LogP contribution in [0, 0.1) is 16.7 Å². The van der Waals surface area contributed by atoms with E-state index in [-0.39, 0.29) is 71.9 Å². The lowest BCUT2D eigenvalue weighted by molar-refractivity contribution is -0.150. The van der Waals surface area contributed by atoms with Gasteiger partial charge in [0.2, 0.25) is 0 Å². The number of carbonyl (C=O) groups is 1. The first-order valence-corrected chi connectivity index (χ1v) is 71.3. The van der Waals surface area contributed by atoms with Crippen LogP contribution < -0.4 is 0 Å². The second-order valence-corrected chi connectivity index (χ2v) is 121. The fourth-order valence-electron chi connectivity index (χ4n) is 6.85. The molecule has 0 amide bonds. The zero-order valence-electron chi connectivity index (χ0n) is 32.2. The number of Topliss-reactive ketones (excluding diaryl/α,β-unsaturated/α-hetero) is 1. The fourth-order valence-corrected chi connectivity index (χ4v) is 203. The Hall–Kier alpha value is 12.7. The third-order valence-electron chi connectivity index (χ3n) is 9.39. The maximum Gasteiger partial charge on any atom is 0.170 e. The third kappa shape index (κ3) is 19.1. The van der Waals surface area contributed by atoms with Crippen LogP contribution in [0.2, 0.25) is 0 Å². The summed E-state index contributed by atoms with van der Waals surface area (Å²) in [4.78, 5) is 15.9. The van der Waals surface area contributed by atoms with Gasteiger partial charge < -0.3 is 18.1 Å². The van der Waals surface area contributed by atoms with E-state index in [1.807, 2.05) is 6.08 Å². The maximum absolute atomic E-state index is 15.9. The molecule has 57 heavy (non-hydrogen) atoms. The Kier molecular flexibility index (Phi) is 37.4. The minimum absolute atomic E-state index is 0.0982. The van der Waals surface area contributed by atoms with Crippen LogP contribution in [0.3, 0.4) is 0 Å². The highest BCUT2D eigenvalue weighted by atomic mass is 33.2. The summed E-state index contributed by atoms with van der Waals surface area (Å²) in [5.41, 5.74) is 1.40. The van der Waals surface area contributed by atoms with Gasteiger partial charge in [-0.1, -0.05) is 45.7 Å². The molecular formula is C20H64O5P32. The minimum Gasteiger partial charge on any atom is -0.347 e. The van der Waals surface area contributed by atoms with Crippen molar-refractivity contribution >= 4 is 266 Å². The number of fused-ring (bicyclic) bond motifs is 2. The molecule has 0 N–H and O–H groups in total. The lowest BCUT2D eigenvalue weighted by atomic mass is 9.55. The summed E-state index contributed by atoms with van der Waals surface area (Å²) in [6, 6.07) is 0. The van der Waals surface area contributed by atoms with Crippen LogP contribution in [-0.2, 0) is 22.9 Å². The number of hydrogen-bond acceptors (Lipinski definition) is 5. The lowest BCUT2D eigenvalue weighted by Gasteiger charge is -2.55. The van der Waals surface area contributed by atoms with Gasteiger partial charge in [-0.25, -0.2) is 0 Å². The van der Waals surface area contributed by atoms with E-state index in [9.17, 15) is 0 Å². The molecule has 0 aromatic rings. The van der Waals surface area contributed by atoms with Crippen molar-refractivity contribution in [1.82, 2.24) is 0 Å². The summed E-state index contributed by atoms with van der Waals surface area (Å²) < 4.78 is 29.6. The summed E-state index contributed by atoms with van der Waals surface area (Å²) in [6.45, 7) is 9.09. The first-order valence-electron chi connectivity index (χ1n) is 16.4. The van der Waals surface area contributed by atoms with E-state index in [4.69, 9.17) is 18.1 Å². The van der Waals surface area contributed by atoms with Gasteiger partial charge in [0.15, 0.2) is 5.78 Å². The molecule has 2 bridgehead atoms. The maximum atomic E-state index is 15.9. The van der Waals surface area contributed by atoms with E-state index >= 15 is 4.79 Å². The van der Waals surface area contributed by atoms with Crippen LogP contribution in [0.5, 0.6) is 0 Å². The van der Waals surface area contributed by atoms with Crippen molar-refractivity contribution in [1.29, 1.82) is 0 Å². The summed E-state index contributed by atoms with van der Waals surface area (Å²) in [6.07, 6.45) is 3.42. The minimum atomic E-state index is -0.865. The van der Waals surface area contributed by atoms with Gasteiger partial charge in [-0.05, 0) is 105 Å². The first-order chi connectivity index (χ1) is 26.3. The zero-order chi connectivity index (χ0) is 43.9. The fraction of sp³-hybridized carbons (Fsp3) is 0.750. The van der Waals surface area contributed by atoms with Crippen molar-refractivity contribution in [2.45, 2.75) is 77.8 Å². The average molecular weight is 1380 g/mol. The predicted molar refractivity (Wildman–Crippen MR) is 363 cm³/mol. The molecule has 37 heteroatoms. The molecule has 0 aromatic heterocycles. The second kappa shape index (κ2) is 32.4. The van der Waals surface area contributed by atoms with E-state index in [2.05, 4.69) is 186 Å². The van der Waals surface area contributed by atoms with Gasteiger partial charge in [-0.2, -0.15) is 0 Å². The molecule has 29 atom stereocenters. The SMILES string of the molecule is C=CCCC(OP(P(P)P)P(P)P)[C@@]1(C)CC(OP(P(P)P)P(PP)P(P)P)C2=C(C)C(OP(P(P)P(P)P)P(P(P)P)P(P)P)CC(C(OPP)C1=O)C2(C)C. The number of ketones is 1. The summed E-state index contributed by atoms with van der Waals surface area (Å²) in [5.74, 6) is 0.0557. The van der Waals surface area contributed by atoms with Crippen molar-refractivity contribution in [3.63, 3.8) is 0 Å². The van der Waals surface area contributed by atoms with Crippen molar-refractivity contribution < 1.29 is 22.9 Å². The molecule has 0 spiro atoms. The third-order valence-corrected chi connectivity index (χ3v) is 151. The van der Waals surface area contributed by atoms with Crippen LogP contribution in [0.25, 0.3) is 0 Å². The molecule has 28 unspecified atom stereocenters. The van der Waals surface area contributed by atoms with Gasteiger partial charge in [0.25, 0.3) is 0 Å².